The molecule has 2 N–H and O–H groups in total. The molecule has 0 aromatic heterocycles. The van der Waals surface area contributed by atoms with Crippen molar-refractivity contribution in [1.29, 1.82) is 0 Å². The summed E-state index contributed by atoms with van der Waals surface area (Å²) in [4.78, 5) is 0. The molecule has 0 heterocycles. The van der Waals surface area contributed by atoms with Gasteiger partial charge in [-0.15, -0.1) is 0 Å². The molecule has 0 saturated carbocycles. The van der Waals surface area contributed by atoms with Gasteiger partial charge in [-0.3, -0.25) is 0 Å². The van der Waals surface area contributed by atoms with Gasteiger partial charge in [0.2, 0.25) is 0 Å². The van der Waals surface area contributed by atoms with E-state index in [2.05, 4.69) is 15.9 Å². The number of ether oxygens (including phenoxy) is 1. The van der Waals surface area contributed by atoms with Crippen molar-refractivity contribution in [2.45, 2.75) is 19.1 Å². The molecule has 0 fully saturated rings. The van der Waals surface area contributed by atoms with Crippen LogP contribution in [-0.2, 0) is 4.74 Å². The fraction of sp³-hybridized carbons (Fsp3) is 0.400. The summed E-state index contributed by atoms with van der Waals surface area (Å²) in [6.07, 6.45) is -0.267. The molecule has 2 atom stereocenters. The van der Waals surface area contributed by atoms with Gasteiger partial charge < -0.3 is 10.5 Å². The molecule has 0 aliphatic carbocycles. The molecule has 0 aliphatic heterocycles. The predicted octanol–water partition coefficient (Wildman–Crippen LogP) is 3.28. The Morgan fingerprint density at radius 3 is 2.67 bits per heavy atom. The zero-order valence-corrected chi connectivity index (χ0v) is 10.8. The molecule has 84 valence electrons. The van der Waals surface area contributed by atoms with Crippen molar-refractivity contribution >= 4 is 27.5 Å². The Hall–Kier alpha value is -0.160. The molecule has 0 radical (unpaired) electrons. The number of nitrogens with two attached hydrogens (primary N) is 1. The van der Waals surface area contributed by atoms with E-state index in [9.17, 15) is 4.39 Å². The van der Waals surface area contributed by atoms with Crippen LogP contribution in [0, 0.1) is 5.82 Å². The summed E-state index contributed by atoms with van der Waals surface area (Å²) in [6.45, 7) is 1.78. The molecule has 0 amide bonds. The van der Waals surface area contributed by atoms with E-state index in [-0.39, 0.29) is 11.1 Å². The van der Waals surface area contributed by atoms with Crippen LogP contribution in [0.1, 0.15) is 18.5 Å². The summed E-state index contributed by atoms with van der Waals surface area (Å²) in [7, 11) is 1.53. The minimum Gasteiger partial charge on any atom is -0.380 e. The Morgan fingerprint density at radius 1 is 1.53 bits per heavy atom. The summed E-state index contributed by atoms with van der Waals surface area (Å²) in [6, 6.07) is 2.75. The molecule has 15 heavy (non-hydrogen) atoms. The molecule has 5 heteroatoms. The fourth-order valence-electron chi connectivity index (χ4n) is 1.20. The van der Waals surface area contributed by atoms with Crippen LogP contribution >= 0.6 is 27.5 Å². The summed E-state index contributed by atoms with van der Waals surface area (Å²) in [5.41, 5.74) is 6.19. The third-order valence-corrected chi connectivity index (χ3v) is 3.56. The first kappa shape index (κ1) is 12.9. The first-order chi connectivity index (χ1) is 6.99. The third kappa shape index (κ3) is 2.69. The van der Waals surface area contributed by atoms with Gasteiger partial charge >= 0.3 is 0 Å². The fourth-order valence-corrected chi connectivity index (χ4v) is 1.68. The van der Waals surface area contributed by atoms with Crippen LogP contribution in [0.2, 0.25) is 5.02 Å². The number of hydrogen-bond acceptors (Lipinski definition) is 2. The van der Waals surface area contributed by atoms with E-state index < -0.39 is 11.9 Å². The van der Waals surface area contributed by atoms with Crippen LogP contribution in [0.5, 0.6) is 0 Å². The largest absolute Gasteiger partial charge is 0.380 e. The van der Waals surface area contributed by atoms with Crippen molar-refractivity contribution in [2.75, 3.05) is 7.11 Å². The van der Waals surface area contributed by atoms with Gasteiger partial charge in [0.05, 0.1) is 17.2 Å². The maximum Gasteiger partial charge on any atom is 0.147 e. The summed E-state index contributed by atoms with van der Waals surface area (Å²) in [5.74, 6) is -0.498. The first-order valence-electron chi connectivity index (χ1n) is 4.40. The monoisotopic (exact) mass is 295 g/mol. The van der Waals surface area contributed by atoms with Crippen LogP contribution in [0.4, 0.5) is 4.39 Å². The topological polar surface area (TPSA) is 35.2 Å². The van der Waals surface area contributed by atoms with E-state index in [1.807, 2.05) is 0 Å². The minimum absolute atomic E-state index is 0.0475. The molecule has 0 saturated heterocycles. The van der Waals surface area contributed by atoms with E-state index in [1.165, 1.54) is 7.11 Å². The molecule has 0 bridgehead atoms. The lowest BCUT2D eigenvalue weighted by Crippen LogP contribution is -2.26. The van der Waals surface area contributed by atoms with Crippen molar-refractivity contribution in [3.63, 3.8) is 0 Å². The molecule has 2 nitrogen and oxygen atoms in total. The molecule has 1 aromatic carbocycles. The molecule has 1 aromatic rings. The number of methoxy groups -OCH3 is 1. The van der Waals surface area contributed by atoms with Gasteiger partial charge in [-0.1, -0.05) is 17.7 Å². The van der Waals surface area contributed by atoms with Crippen LogP contribution in [0.3, 0.4) is 0 Å². The maximum atomic E-state index is 13.7. The number of benzene rings is 1. The lowest BCUT2D eigenvalue weighted by Gasteiger charge is -2.19. The lowest BCUT2D eigenvalue weighted by molar-refractivity contribution is 0.0946. The average molecular weight is 297 g/mol. The van der Waals surface area contributed by atoms with E-state index in [0.717, 1.165) is 0 Å². The zero-order chi connectivity index (χ0) is 11.6. The highest BCUT2D eigenvalue weighted by atomic mass is 79.9. The van der Waals surface area contributed by atoms with Crippen LogP contribution in [0.15, 0.2) is 16.6 Å². The first-order valence-corrected chi connectivity index (χ1v) is 5.58. The Balaban J connectivity index is 3.10. The Labute approximate surface area is 102 Å². The van der Waals surface area contributed by atoms with Gasteiger partial charge in [0.1, 0.15) is 5.82 Å². The number of halogens is 3. The van der Waals surface area contributed by atoms with Gasteiger partial charge in [0.15, 0.2) is 0 Å². The highest BCUT2D eigenvalue weighted by molar-refractivity contribution is 9.10. The molecular weight excluding hydrogens is 284 g/mol. The molecular formula is C10H12BrClFNO. The summed E-state index contributed by atoms with van der Waals surface area (Å²) >= 11 is 8.90. The van der Waals surface area contributed by atoms with Crippen molar-refractivity contribution in [1.82, 2.24) is 0 Å². The number of rotatable bonds is 3. The SMILES string of the molecule is COC(C)C(N)c1ccc(Br)c(Cl)c1F. The third-order valence-electron chi connectivity index (χ3n) is 2.30. The minimum atomic E-state index is -0.527. The van der Waals surface area contributed by atoms with E-state index in [1.54, 1.807) is 19.1 Å². The second-order valence-corrected chi connectivity index (χ2v) is 4.46. The van der Waals surface area contributed by atoms with Crippen molar-refractivity contribution in [3.8, 4) is 0 Å². The van der Waals surface area contributed by atoms with Gasteiger partial charge in [-0.2, -0.15) is 0 Å². The quantitative estimate of drug-likeness (QED) is 0.869. The van der Waals surface area contributed by atoms with Crippen molar-refractivity contribution in [3.05, 3.63) is 33.0 Å². The average Bonchev–Trinajstić information content (AvgIpc) is 2.24. The van der Waals surface area contributed by atoms with Crippen LogP contribution in [-0.4, -0.2) is 13.2 Å². The van der Waals surface area contributed by atoms with Gasteiger partial charge in [0, 0.05) is 17.1 Å². The summed E-state index contributed by atoms with van der Waals surface area (Å²) < 4.78 is 19.3. The normalized spacial score (nSPS) is 15.1. The molecule has 1 rings (SSSR count). The molecule has 2 unspecified atom stereocenters. The lowest BCUT2D eigenvalue weighted by atomic mass is 10.0. The highest BCUT2D eigenvalue weighted by Crippen LogP contribution is 2.30. The number of hydrogen-bond donors (Lipinski definition) is 1. The Bertz CT molecular complexity index is 362. The van der Waals surface area contributed by atoms with E-state index in [0.29, 0.717) is 10.0 Å². The van der Waals surface area contributed by atoms with Crippen LogP contribution in [0.25, 0.3) is 0 Å². The Kier molecular flexibility index (Phi) is 4.52. The van der Waals surface area contributed by atoms with Gasteiger partial charge in [-0.05, 0) is 28.9 Å². The van der Waals surface area contributed by atoms with Gasteiger partial charge in [-0.25, -0.2) is 4.39 Å². The summed E-state index contributed by atoms with van der Waals surface area (Å²) in [5, 5.41) is 0.0475. The van der Waals surface area contributed by atoms with Crippen LogP contribution < -0.4 is 5.73 Å². The van der Waals surface area contributed by atoms with Crippen molar-refractivity contribution in [2.24, 2.45) is 5.73 Å². The van der Waals surface area contributed by atoms with E-state index in [4.69, 9.17) is 22.1 Å². The Morgan fingerprint density at radius 2 is 2.13 bits per heavy atom. The van der Waals surface area contributed by atoms with Gasteiger partial charge in [0.25, 0.3) is 0 Å². The smallest absolute Gasteiger partial charge is 0.147 e. The highest BCUT2D eigenvalue weighted by Gasteiger charge is 2.20. The molecule has 0 spiro atoms. The van der Waals surface area contributed by atoms with E-state index >= 15 is 0 Å². The van der Waals surface area contributed by atoms with Crippen molar-refractivity contribution < 1.29 is 9.13 Å². The second kappa shape index (κ2) is 5.25. The standard InChI is InChI=1S/C10H12BrClFNO/c1-5(15-2)10(14)6-3-4-7(11)8(12)9(6)13/h3-5,10H,14H2,1-2H3. The maximum absolute atomic E-state index is 13.7. The second-order valence-electron chi connectivity index (χ2n) is 3.23. The molecule has 0 aliphatic rings. The predicted molar refractivity (Wildman–Crippen MR) is 62.5 cm³/mol. The zero-order valence-electron chi connectivity index (χ0n) is 8.43.